The van der Waals surface area contributed by atoms with E-state index in [1.165, 1.54) is 6.20 Å². The van der Waals surface area contributed by atoms with Crippen molar-refractivity contribution in [1.29, 1.82) is 0 Å². The van der Waals surface area contributed by atoms with Gasteiger partial charge in [-0.2, -0.15) is 5.10 Å². The van der Waals surface area contributed by atoms with Gasteiger partial charge in [0, 0.05) is 50.0 Å². The Bertz CT molecular complexity index is 1090. The Morgan fingerprint density at radius 1 is 1.22 bits per heavy atom. The highest BCUT2D eigenvalue weighted by molar-refractivity contribution is 5.99. The molecule has 1 aliphatic carbocycles. The maximum absolute atomic E-state index is 14.4. The van der Waals surface area contributed by atoms with Gasteiger partial charge in [0.15, 0.2) is 0 Å². The fourth-order valence-electron chi connectivity index (χ4n) is 5.61. The SMILES string of the molecule is C[C@H]1Cc2ncc(F)cc2C2CCCN2C2C=Cn3ncc(c3N2)C(=O)N(C)N1C1CC1. The van der Waals surface area contributed by atoms with Crippen molar-refractivity contribution in [3.8, 4) is 0 Å². The second-order valence-corrected chi connectivity index (χ2v) is 9.36. The van der Waals surface area contributed by atoms with Crippen LogP contribution in [0.5, 0.6) is 0 Å². The van der Waals surface area contributed by atoms with E-state index in [0.717, 1.165) is 43.5 Å². The molecule has 5 heterocycles. The molecule has 9 heteroatoms. The number of aromatic nitrogens is 3. The lowest BCUT2D eigenvalue weighted by atomic mass is 9.98. The molecule has 1 amide bonds. The molecule has 1 N–H and O–H groups in total. The molecule has 4 aliphatic rings. The van der Waals surface area contributed by atoms with E-state index in [1.54, 1.807) is 22.0 Å². The number of carbonyl (C=O) groups is 1. The predicted octanol–water partition coefficient (Wildman–Crippen LogP) is 2.87. The van der Waals surface area contributed by atoms with Gasteiger partial charge in [-0.25, -0.2) is 14.1 Å². The molecule has 3 aliphatic heterocycles. The van der Waals surface area contributed by atoms with Crippen molar-refractivity contribution in [2.24, 2.45) is 0 Å². The van der Waals surface area contributed by atoms with E-state index in [0.29, 0.717) is 23.8 Å². The predicted molar refractivity (Wildman–Crippen MR) is 118 cm³/mol. The number of anilines is 1. The second-order valence-electron chi connectivity index (χ2n) is 9.36. The first-order valence-corrected chi connectivity index (χ1v) is 11.5. The Labute approximate surface area is 186 Å². The van der Waals surface area contributed by atoms with Gasteiger partial charge in [-0.3, -0.25) is 19.7 Å². The van der Waals surface area contributed by atoms with E-state index in [-0.39, 0.29) is 30.0 Å². The average molecular weight is 438 g/mol. The van der Waals surface area contributed by atoms with Crippen molar-refractivity contribution >= 4 is 17.9 Å². The van der Waals surface area contributed by atoms with Crippen molar-refractivity contribution in [3.63, 3.8) is 0 Å². The molecule has 0 radical (unpaired) electrons. The summed E-state index contributed by atoms with van der Waals surface area (Å²) in [4.78, 5) is 20.5. The molecule has 0 aromatic carbocycles. The standard InChI is InChI=1S/C23H28FN7O/c1-14-10-19-17(11-15(24)12-25-19)20-4-3-8-29(20)21-7-9-30-22(27-21)18(13-26-30)23(32)28(2)31(14)16-5-6-16/h7,9,11-14,16,20-21,27H,3-6,8,10H2,1-2H3/t14-,20?,21?/m0/s1. The van der Waals surface area contributed by atoms with Gasteiger partial charge in [-0.15, -0.1) is 0 Å². The number of pyridine rings is 1. The molecule has 168 valence electrons. The molecular weight excluding hydrogens is 409 g/mol. The third-order valence-corrected chi connectivity index (χ3v) is 7.20. The molecule has 3 atom stereocenters. The summed E-state index contributed by atoms with van der Waals surface area (Å²) < 4.78 is 16.1. The Kier molecular flexibility index (Phi) is 4.58. The summed E-state index contributed by atoms with van der Waals surface area (Å²) in [7, 11) is 1.84. The zero-order valence-corrected chi connectivity index (χ0v) is 18.4. The molecule has 2 fully saturated rings. The Balaban J connectivity index is 1.50. The number of nitrogens with zero attached hydrogens (tertiary/aromatic N) is 6. The van der Waals surface area contributed by atoms with Crippen LogP contribution in [0.15, 0.2) is 24.5 Å². The van der Waals surface area contributed by atoms with Gasteiger partial charge in [-0.1, -0.05) is 0 Å². The fourth-order valence-corrected chi connectivity index (χ4v) is 5.61. The van der Waals surface area contributed by atoms with E-state index in [9.17, 15) is 9.18 Å². The van der Waals surface area contributed by atoms with Crippen LogP contribution < -0.4 is 5.32 Å². The second kappa shape index (κ2) is 7.38. The zero-order valence-electron chi connectivity index (χ0n) is 18.4. The number of halogens is 1. The number of hydrogen-bond donors (Lipinski definition) is 1. The summed E-state index contributed by atoms with van der Waals surface area (Å²) in [5.74, 6) is 0.336. The van der Waals surface area contributed by atoms with Crippen LogP contribution in [-0.4, -0.2) is 67.4 Å². The fraction of sp³-hybridized carbons (Fsp3) is 0.522. The average Bonchev–Trinajstić information content (AvgIpc) is 3.33. The van der Waals surface area contributed by atoms with Gasteiger partial charge >= 0.3 is 0 Å². The lowest BCUT2D eigenvalue weighted by Crippen LogP contribution is -2.50. The zero-order chi connectivity index (χ0) is 22.0. The van der Waals surface area contributed by atoms with Crippen LogP contribution in [-0.2, 0) is 6.42 Å². The maximum Gasteiger partial charge on any atom is 0.273 e. The first-order valence-electron chi connectivity index (χ1n) is 11.5. The summed E-state index contributed by atoms with van der Waals surface area (Å²) in [6.07, 6.45) is 11.6. The minimum atomic E-state index is -0.300. The van der Waals surface area contributed by atoms with Gasteiger partial charge in [0.1, 0.15) is 23.4 Å². The van der Waals surface area contributed by atoms with Crippen molar-refractivity contribution in [2.75, 3.05) is 18.9 Å². The van der Waals surface area contributed by atoms with Crippen LogP contribution in [0.1, 0.15) is 60.3 Å². The molecule has 2 unspecified atom stereocenters. The molecule has 8 nitrogen and oxygen atoms in total. The van der Waals surface area contributed by atoms with Crippen LogP contribution in [0.4, 0.5) is 10.2 Å². The quantitative estimate of drug-likeness (QED) is 0.740. The van der Waals surface area contributed by atoms with Crippen LogP contribution in [0.2, 0.25) is 0 Å². The van der Waals surface area contributed by atoms with Gasteiger partial charge in [0.25, 0.3) is 5.91 Å². The Morgan fingerprint density at radius 3 is 2.88 bits per heavy atom. The summed E-state index contributed by atoms with van der Waals surface area (Å²) in [6.45, 7) is 3.03. The lowest BCUT2D eigenvalue weighted by molar-refractivity contribution is -0.0249. The van der Waals surface area contributed by atoms with Crippen LogP contribution in [0.3, 0.4) is 0 Å². The minimum Gasteiger partial charge on any atom is -0.350 e. The van der Waals surface area contributed by atoms with Crippen LogP contribution >= 0.6 is 0 Å². The van der Waals surface area contributed by atoms with Crippen LogP contribution in [0.25, 0.3) is 6.20 Å². The third-order valence-electron chi connectivity index (χ3n) is 7.20. The molecule has 1 saturated carbocycles. The normalized spacial score (nSPS) is 28.4. The van der Waals surface area contributed by atoms with E-state index in [2.05, 4.69) is 38.3 Å². The first-order chi connectivity index (χ1) is 15.5. The number of carbonyl (C=O) groups excluding carboxylic acids is 1. The molecule has 2 aromatic heterocycles. The smallest absolute Gasteiger partial charge is 0.273 e. The first kappa shape index (κ1) is 19.9. The highest BCUT2D eigenvalue weighted by Crippen LogP contribution is 2.39. The Morgan fingerprint density at radius 2 is 2.06 bits per heavy atom. The van der Waals surface area contributed by atoms with Crippen molar-refractivity contribution in [2.45, 2.75) is 63.3 Å². The van der Waals surface area contributed by atoms with E-state index in [4.69, 9.17) is 0 Å². The number of hydrazine groups is 1. The molecule has 1 saturated heterocycles. The summed E-state index contributed by atoms with van der Waals surface area (Å²) in [5.41, 5.74) is 2.45. The largest absolute Gasteiger partial charge is 0.350 e. The number of fused-ring (bicyclic) bond motifs is 5. The van der Waals surface area contributed by atoms with Gasteiger partial charge in [0.05, 0.1) is 12.4 Å². The summed E-state index contributed by atoms with van der Waals surface area (Å²) >= 11 is 0. The summed E-state index contributed by atoms with van der Waals surface area (Å²) in [5, 5.41) is 11.9. The number of amides is 1. The van der Waals surface area contributed by atoms with Crippen LogP contribution in [0, 0.1) is 5.82 Å². The molecule has 6 rings (SSSR count). The van der Waals surface area contributed by atoms with E-state index >= 15 is 0 Å². The lowest BCUT2D eigenvalue weighted by Gasteiger charge is -2.37. The number of rotatable bonds is 1. The third kappa shape index (κ3) is 3.14. The molecular formula is C23H28FN7O. The molecule has 2 aromatic rings. The topological polar surface area (TPSA) is 69.5 Å². The minimum absolute atomic E-state index is 0.0503. The van der Waals surface area contributed by atoms with Gasteiger partial charge in [-0.05, 0) is 50.3 Å². The van der Waals surface area contributed by atoms with Crippen molar-refractivity contribution < 1.29 is 9.18 Å². The molecule has 2 bridgehead atoms. The number of nitrogens with one attached hydrogen (secondary N) is 1. The monoisotopic (exact) mass is 437 g/mol. The highest BCUT2D eigenvalue weighted by atomic mass is 19.1. The number of hydrogen-bond acceptors (Lipinski definition) is 6. The Hall–Kier alpha value is -2.78. The van der Waals surface area contributed by atoms with E-state index < -0.39 is 0 Å². The van der Waals surface area contributed by atoms with Crippen molar-refractivity contribution in [3.05, 3.63) is 47.2 Å². The summed E-state index contributed by atoms with van der Waals surface area (Å²) in [6, 6.07) is 2.12. The highest BCUT2D eigenvalue weighted by Gasteiger charge is 2.41. The van der Waals surface area contributed by atoms with E-state index in [1.807, 2.05) is 13.2 Å². The molecule has 32 heavy (non-hydrogen) atoms. The molecule has 0 spiro atoms. The van der Waals surface area contributed by atoms with Crippen molar-refractivity contribution in [1.82, 2.24) is 29.7 Å². The maximum atomic E-state index is 14.4. The van der Waals surface area contributed by atoms with Gasteiger partial charge < -0.3 is 5.32 Å². The van der Waals surface area contributed by atoms with Gasteiger partial charge in [0.2, 0.25) is 0 Å².